The second-order valence-electron chi connectivity index (χ2n) is 5.27. The van der Waals surface area contributed by atoms with Gasteiger partial charge in [-0.3, -0.25) is 0 Å². The van der Waals surface area contributed by atoms with Crippen molar-refractivity contribution >= 4 is 28.3 Å². The van der Waals surface area contributed by atoms with Crippen molar-refractivity contribution in [2.75, 3.05) is 0 Å². The molecule has 5 nitrogen and oxygen atoms in total. The van der Waals surface area contributed by atoms with Gasteiger partial charge in [0.25, 0.3) is 0 Å². The molecule has 0 bridgehead atoms. The molecule has 0 saturated heterocycles. The van der Waals surface area contributed by atoms with Crippen LogP contribution in [0.4, 0.5) is 0 Å². The lowest BCUT2D eigenvalue weighted by Gasteiger charge is -2.01. The molecule has 4 rings (SSSR count). The Balaban J connectivity index is 1.49. The zero-order chi connectivity index (χ0) is 16.5. The topological polar surface area (TPSA) is 65.5 Å². The fraction of sp³-hybridized carbons (Fsp3) is 0.111. The number of rotatable bonds is 4. The molecule has 120 valence electrons. The minimum atomic E-state index is -0.471. The Kier molecular flexibility index (Phi) is 3.66. The molecule has 0 radical (unpaired) electrons. The van der Waals surface area contributed by atoms with E-state index in [1.54, 1.807) is 24.0 Å². The van der Waals surface area contributed by atoms with Crippen molar-refractivity contribution in [1.82, 2.24) is 4.98 Å². The molecule has 0 aliphatic rings. The third-order valence-electron chi connectivity index (χ3n) is 3.76. The van der Waals surface area contributed by atoms with Crippen LogP contribution < -0.4 is 0 Å². The van der Waals surface area contributed by atoms with Crippen molar-refractivity contribution in [2.24, 2.45) is 0 Å². The number of benzene rings is 1. The van der Waals surface area contributed by atoms with E-state index in [9.17, 15) is 4.79 Å². The molecule has 0 fully saturated rings. The van der Waals surface area contributed by atoms with E-state index >= 15 is 0 Å². The molecule has 3 aromatic heterocycles. The zero-order valence-electron chi connectivity index (χ0n) is 12.8. The number of para-hydroxylation sites is 1. The van der Waals surface area contributed by atoms with Crippen molar-refractivity contribution in [3.05, 3.63) is 65.3 Å². The number of carbonyl (C=O) groups excluding carboxylic acids is 1. The van der Waals surface area contributed by atoms with Gasteiger partial charge in [0.1, 0.15) is 29.2 Å². The summed E-state index contributed by atoms with van der Waals surface area (Å²) < 4.78 is 16.1. The van der Waals surface area contributed by atoms with Crippen LogP contribution in [0.15, 0.2) is 57.1 Å². The van der Waals surface area contributed by atoms with Gasteiger partial charge in [0, 0.05) is 21.9 Å². The zero-order valence-corrected chi connectivity index (χ0v) is 13.6. The molecular formula is C18H13NO4S. The number of hydrogen-bond acceptors (Lipinski definition) is 6. The molecule has 4 aromatic rings. The average Bonchev–Trinajstić information content (AvgIpc) is 3.33. The Morgan fingerprint density at radius 3 is 2.96 bits per heavy atom. The second-order valence-corrected chi connectivity index (χ2v) is 6.13. The molecular weight excluding hydrogens is 326 g/mol. The first-order valence-electron chi connectivity index (χ1n) is 7.34. The van der Waals surface area contributed by atoms with Crippen molar-refractivity contribution < 1.29 is 18.4 Å². The number of carbonyl (C=O) groups is 1. The first-order chi connectivity index (χ1) is 11.7. The van der Waals surface area contributed by atoms with E-state index in [4.69, 9.17) is 13.6 Å². The van der Waals surface area contributed by atoms with E-state index in [-0.39, 0.29) is 12.3 Å². The SMILES string of the molecule is Cc1c(COC(=O)c2csc(-c3ccoc3)n2)oc2ccccc12. The Bertz CT molecular complexity index is 997. The highest BCUT2D eigenvalue weighted by atomic mass is 32.1. The van der Waals surface area contributed by atoms with Gasteiger partial charge in [0.15, 0.2) is 5.69 Å². The molecule has 0 unspecified atom stereocenters. The molecule has 0 N–H and O–H groups in total. The lowest BCUT2D eigenvalue weighted by atomic mass is 10.1. The molecule has 3 heterocycles. The lowest BCUT2D eigenvalue weighted by Crippen LogP contribution is -2.05. The second kappa shape index (κ2) is 5.98. The third kappa shape index (κ3) is 2.61. The largest absolute Gasteiger partial charge is 0.472 e. The molecule has 0 spiro atoms. The fourth-order valence-electron chi connectivity index (χ4n) is 2.45. The molecule has 0 amide bonds. The highest BCUT2D eigenvalue weighted by Crippen LogP contribution is 2.27. The highest BCUT2D eigenvalue weighted by molar-refractivity contribution is 7.13. The van der Waals surface area contributed by atoms with E-state index in [0.717, 1.165) is 27.1 Å². The number of nitrogens with zero attached hydrogens (tertiary/aromatic N) is 1. The van der Waals surface area contributed by atoms with Gasteiger partial charge in [0.05, 0.1) is 6.26 Å². The summed E-state index contributed by atoms with van der Waals surface area (Å²) in [5.41, 5.74) is 2.89. The summed E-state index contributed by atoms with van der Waals surface area (Å²) in [6.07, 6.45) is 3.16. The smallest absolute Gasteiger partial charge is 0.358 e. The van der Waals surface area contributed by atoms with Crippen molar-refractivity contribution in [1.29, 1.82) is 0 Å². The lowest BCUT2D eigenvalue weighted by molar-refractivity contribution is 0.0441. The predicted molar refractivity (Wildman–Crippen MR) is 89.9 cm³/mol. The molecule has 0 saturated carbocycles. The van der Waals surface area contributed by atoms with Gasteiger partial charge < -0.3 is 13.6 Å². The Morgan fingerprint density at radius 2 is 2.17 bits per heavy atom. The molecule has 0 aliphatic carbocycles. The van der Waals surface area contributed by atoms with Crippen LogP contribution in [0.2, 0.25) is 0 Å². The number of esters is 1. The van der Waals surface area contributed by atoms with Gasteiger partial charge in [-0.05, 0) is 19.1 Å². The molecule has 6 heteroatoms. The minimum absolute atomic E-state index is 0.0813. The van der Waals surface area contributed by atoms with Crippen molar-refractivity contribution in [2.45, 2.75) is 13.5 Å². The van der Waals surface area contributed by atoms with E-state index in [1.165, 1.54) is 11.3 Å². The summed E-state index contributed by atoms with van der Waals surface area (Å²) in [5, 5.41) is 3.42. The third-order valence-corrected chi connectivity index (χ3v) is 4.65. The van der Waals surface area contributed by atoms with Crippen molar-refractivity contribution in [3.8, 4) is 10.6 Å². The normalized spacial score (nSPS) is 11.0. The fourth-order valence-corrected chi connectivity index (χ4v) is 3.23. The van der Waals surface area contributed by atoms with Crippen LogP contribution in [-0.2, 0) is 11.3 Å². The maximum Gasteiger partial charge on any atom is 0.358 e. The number of aryl methyl sites for hydroxylation is 1. The van der Waals surface area contributed by atoms with Crippen LogP contribution in [-0.4, -0.2) is 11.0 Å². The summed E-state index contributed by atoms with van der Waals surface area (Å²) >= 11 is 1.37. The Morgan fingerprint density at radius 1 is 1.29 bits per heavy atom. The first kappa shape index (κ1) is 14.7. The number of thiazole rings is 1. The maximum atomic E-state index is 12.2. The summed E-state index contributed by atoms with van der Waals surface area (Å²) in [6, 6.07) is 9.54. The maximum absolute atomic E-state index is 12.2. The summed E-state index contributed by atoms with van der Waals surface area (Å²) in [4.78, 5) is 16.5. The monoisotopic (exact) mass is 339 g/mol. The molecule has 24 heavy (non-hydrogen) atoms. The summed E-state index contributed by atoms with van der Waals surface area (Å²) in [7, 11) is 0. The number of aromatic nitrogens is 1. The van der Waals surface area contributed by atoms with Gasteiger partial charge in [-0.25, -0.2) is 9.78 Å². The Labute approximate surface area is 141 Å². The highest BCUT2D eigenvalue weighted by Gasteiger charge is 2.16. The van der Waals surface area contributed by atoms with Crippen LogP contribution in [0, 0.1) is 6.92 Å². The van der Waals surface area contributed by atoms with E-state index < -0.39 is 5.97 Å². The van der Waals surface area contributed by atoms with Crippen molar-refractivity contribution in [3.63, 3.8) is 0 Å². The number of ether oxygens (including phenoxy) is 1. The van der Waals surface area contributed by atoms with Crippen LogP contribution in [0.3, 0.4) is 0 Å². The predicted octanol–water partition coefficient (Wildman–Crippen LogP) is 4.81. The van der Waals surface area contributed by atoms with Gasteiger partial charge >= 0.3 is 5.97 Å². The number of furan rings is 2. The quantitative estimate of drug-likeness (QED) is 0.499. The van der Waals surface area contributed by atoms with Crippen LogP contribution in [0.25, 0.3) is 21.5 Å². The molecule has 1 aromatic carbocycles. The van der Waals surface area contributed by atoms with Crippen LogP contribution >= 0.6 is 11.3 Å². The van der Waals surface area contributed by atoms with Gasteiger partial charge in [-0.2, -0.15) is 0 Å². The number of fused-ring (bicyclic) bond motifs is 1. The van der Waals surface area contributed by atoms with E-state index in [0.29, 0.717) is 5.76 Å². The van der Waals surface area contributed by atoms with Crippen LogP contribution in [0.5, 0.6) is 0 Å². The average molecular weight is 339 g/mol. The minimum Gasteiger partial charge on any atom is -0.472 e. The van der Waals surface area contributed by atoms with Gasteiger partial charge in [0.2, 0.25) is 0 Å². The number of hydrogen-bond donors (Lipinski definition) is 0. The first-order valence-corrected chi connectivity index (χ1v) is 8.22. The molecule has 0 aliphatic heterocycles. The van der Waals surface area contributed by atoms with Crippen LogP contribution in [0.1, 0.15) is 21.8 Å². The van der Waals surface area contributed by atoms with Gasteiger partial charge in [-0.15, -0.1) is 11.3 Å². The summed E-state index contributed by atoms with van der Waals surface area (Å²) in [6.45, 7) is 2.03. The molecule has 0 atom stereocenters. The Hall–Kier alpha value is -2.86. The summed E-state index contributed by atoms with van der Waals surface area (Å²) in [5.74, 6) is 0.177. The standard InChI is InChI=1S/C18H13NO4S/c1-11-13-4-2-3-5-15(13)23-16(11)9-22-18(20)14-10-24-17(19-14)12-6-7-21-8-12/h2-8,10H,9H2,1H3. The van der Waals surface area contributed by atoms with Gasteiger partial charge in [-0.1, -0.05) is 18.2 Å². The van der Waals surface area contributed by atoms with E-state index in [1.807, 2.05) is 31.2 Å². The van der Waals surface area contributed by atoms with E-state index in [2.05, 4.69) is 4.98 Å².